The molecule has 2 nitrogen and oxygen atoms in total. The maximum atomic E-state index is 3.51. The Morgan fingerprint density at radius 1 is 1.18 bits per heavy atom. The summed E-state index contributed by atoms with van der Waals surface area (Å²) in [5.74, 6) is 0. The van der Waals surface area contributed by atoms with Gasteiger partial charge in [0.15, 0.2) is 0 Å². The van der Waals surface area contributed by atoms with Gasteiger partial charge in [-0.3, -0.25) is 0 Å². The van der Waals surface area contributed by atoms with Crippen molar-refractivity contribution >= 4 is 0 Å². The average molecular weight is 234 g/mol. The highest BCUT2D eigenvalue weighted by molar-refractivity contribution is 5.21. The molecule has 1 aromatic rings. The van der Waals surface area contributed by atoms with Crippen molar-refractivity contribution in [2.45, 2.75) is 39.8 Å². The number of aryl methyl sites for hydroxylation is 1. The van der Waals surface area contributed by atoms with Crippen molar-refractivity contribution in [2.24, 2.45) is 0 Å². The van der Waals surface area contributed by atoms with Crippen LogP contribution in [-0.2, 0) is 6.54 Å². The molecule has 1 aromatic carbocycles. The van der Waals surface area contributed by atoms with E-state index in [1.807, 2.05) is 0 Å². The molecule has 0 fully saturated rings. The smallest absolute Gasteiger partial charge is 0.0252 e. The highest BCUT2D eigenvalue weighted by atomic mass is 15.1. The standard InChI is InChI=1S/C15H26N2/c1-6-16-15(3,4)12-17(5)11-14-9-7-13(2)8-10-14/h7-10,16H,6,11-12H2,1-5H3. The predicted octanol–water partition coefficient (Wildman–Crippen LogP) is 2.81. The van der Waals surface area contributed by atoms with E-state index in [1.165, 1.54) is 11.1 Å². The Morgan fingerprint density at radius 3 is 2.29 bits per heavy atom. The summed E-state index contributed by atoms with van der Waals surface area (Å²) in [5.41, 5.74) is 2.88. The van der Waals surface area contributed by atoms with Gasteiger partial charge in [0.2, 0.25) is 0 Å². The molecular formula is C15H26N2. The van der Waals surface area contributed by atoms with Gasteiger partial charge in [0.25, 0.3) is 0 Å². The molecule has 0 aliphatic rings. The number of likely N-dealkylation sites (N-methyl/N-ethyl adjacent to an activating group) is 2. The topological polar surface area (TPSA) is 15.3 Å². The second kappa shape index (κ2) is 6.18. The second-order valence-corrected chi connectivity index (χ2v) is 5.57. The molecule has 0 unspecified atom stereocenters. The normalized spacial score (nSPS) is 12.1. The van der Waals surface area contributed by atoms with Gasteiger partial charge in [-0.05, 0) is 39.9 Å². The van der Waals surface area contributed by atoms with Crippen molar-refractivity contribution < 1.29 is 0 Å². The Kier molecular flexibility index (Phi) is 5.16. The van der Waals surface area contributed by atoms with E-state index >= 15 is 0 Å². The summed E-state index contributed by atoms with van der Waals surface area (Å²) in [5, 5.41) is 3.51. The first kappa shape index (κ1) is 14.2. The molecule has 17 heavy (non-hydrogen) atoms. The maximum Gasteiger partial charge on any atom is 0.0252 e. The molecule has 0 aliphatic carbocycles. The molecule has 0 saturated heterocycles. The van der Waals surface area contributed by atoms with Crippen LogP contribution < -0.4 is 5.32 Å². The van der Waals surface area contributed by atoms with Crippen molar-refractivity contribution in [3.05, 3.63) is 35.4 Å². The second-order valence-electron chi connectivity index (χ2n) is 5.57. The summed E-state index contributed by atoms with van der Waals surface area (Å²) in [4.78, 5) is 2.37. The molecule has 0 radical (unpaired) electrons. The number of hydrogen-bond acceptors (Lipinski definition) is 2. The third kappa shape index (κ3) is 5.33. The lowest BCUT2D eigenvalue weighted by Crippen LogP contribution is -2.47. The molecule has 0 amide bonds. The molecule has 0 bridgehead atoms. The zero-order valence-corrected chi connectivity index (χ0v) is 11.9. The van der Waals surface area contributed by atoms with Crippen LogP contribution in [0.15, 0.2) is 24.3 Å². The van der Waals surface area contributed by atoms with Crippen LogP contribution in [0, 0.1) is 6.92 Å². The molecule has 96 valence electrons. The molecular weight excluding hydrogens is 208 g/mol. The molecule has 0 saturated carbocycles. The monoisotopic (exact) mass is 234 g/mol. The highest BCUT2D eigenvalue weighted by Crippen LogP contribution is 2.09. The summed E-state index contributed by atoms with van der Waals surface area (Å²) in [6, 6.07) is 8.79. The SMILES string of the molecule is CCNC(C)(C)CN(C)Cc1ccc(C)cc1. The average Bonchev–Trinajstić information content (AvgIpc) is 2.20. The minimum Gasteiger partial charge on any atom is -0.311 e. The Hall–Kier alpha value is -0.860. The molecule has 1 rings (SSSR count). The summed E-state index contributed by atoms with van der Waals surface area (Å²) in [7, 11) is 2.18. The van der Waals surface area contributed by atoms with E-state index in [-0.39, 0.29) is 5.54 Å². The minimum absolute atomic E-state index is 0.175. The molecule has 0 heterocycles. The van der Waals surface area contributed by atoms with Crippen LogP contribution in [-0.4, -0.2) is 30.6 Å². The van der Waals surface area contributed by atoms with E-state index < -0.39 is 0 Å². The van der Waals surface area contributed by atoms with E-state index in [1.54, 1.807) is 0 Å². The lowest BCUT2D eigenvalue weighted by Gasteiger charge is -2.31. The first-order chi connectivity index (χ1) is 7.93. The van der Waals surface area contributed by atoms with Crippen molar-refractivity contribution in [1.29, 1.82) is 0 Å². The van der Waals surface area contributed by atoms with E-state index in [4.69, 9.17) is 0 Å². The lowest BCUT2D eigenvalue weighted by molar-refractivity contribution is 0.231. The van der Waals surface area contributed by atoms with Gasteiger partial charge in [0.05, 0.1) is 0 Å². The van der Waals surface area contributed by atoms with Gasteiger partial charge in [-0.15, -0.1) is 0 Å². The molecule has 0 aromatic heterocycles. The molecule has 0 aliphatic heterocycles. The van der Waals surface area contributed by atoms with Gasteiger partial charge < -0.3 is 10.2 Å². The highest BCUT2D eigenvalue weighted by Gasteiger charge is 2.18. The summed E-state index contributed by atoms with van der Waals surface area (Å²) < 4.78 is 0. The third-order valence-corrected chi connectivity index (χ3v) is 2.89. The van der Waals surface area contributed by atoms with E-state index in [2.05, 4.69) is 69.2 Å². The van der Waals surface area contributed by atoms with Crippen molar-refractivity contribution in [2.75, 3.05) is 20.1 Å². The molecule has 0 atom stereocenters. The van der Waals surface area contributed by atoms with Crippen LogP contribution in [0.5, 0.6) is 0 Å². The van der Waals surface area contributed by atoms with Crippen LogP contribution in [0.2, 0.25) is 0 Å². The Morgan fingerprint density at radius 2 is 1.76 bits per heavy atom. The van der Waals surface area contributed by atoms with E-state index in [9.17, 15) is 0 Å². The summed E-state index contributed by atoms with van der Waals surface area (Å²) in [6.45, 7) is 11.9. The quantitative estimate of drug-likeness (QED) is 0.814. The lowest BCUT2D eigenvalue weighted by atomic mass is 10.0. The number of nitrogens with zero attached hydrogens (tertiary/aromatic N) is 1. The van der Waals surface area contributed by atoms with Crippen LogP contribution in [0.3, 0.4) is 0 Å². The number of nitrogens with one attached hydrogen (secondary N) is 1. The maximum absolute atomic E-state index is 3.51. The molecule has 0 spiro atoms. The van der Waals surface area contributed by atoms with Gasteiger partial charge in [-0.25, -0.2) is 0 Å². The zero-order chi connectivity index (χ0) is 12.9. The van der Waals surface area contributed by atoms with Crippen LogP contribution in [0.1, 0.15) is 31.9 Å². The number of benzene rings is 1. The largest absolute Gasteiger partial charge is 0.311 e. The summed E-state index contributed by atoms with van der Waals surface area (Å²) in [6.07, 6.45) is 0. The Labute approximate surface area is 106 Å². The van der Waals surface area contributed by atoms with Crippen molar-refractivity contribution in [3.8, 4) is 0 Å². The fourth-order valence-corrected chi connectivity index (χ4v) is 2.27. The minimum atomic E-state index is 0.175. The van der Waals surface area contributed by atoms with E-state index in [0.29, 0.717) is 0 Å². The fourth-order valence-electron chi connectivity index (χ4n) is 2.27. The fraction of sp³-hybridized carbons (Fsp3) is 0.600. The number of hydrogen-bond donors (Lipinski definition) is 1. The first-order valence-corrected chi connectivity index (χ1v) is 6.42. The molecule has 1 N–H and O–H groups in total. The van der Waals surface area contributed by atoms with Crippen LogP contribution in [0.4, 0.5) is 0 Å². The van der Waals surface area contributed by atoms with Crippen molar-refractivity contribution in [3.63, 3.8) is 0 Å². The van der Waals surface area contributed by atoms with Crippen molar-refractivity contribution in [1.82, 2.24) is 10.2 Å². The third-order valence-electron chi connectivity index (χ3n) is 2.89. The summed E-state index contributed by atoms with van der Waals surface area (Å²) >= 11 is 0. The first-order valence-electron chi connectivity index (χ1n) is 6.42. The van der Waals surface area contributed by atoms with Gasteiger partial charge in [0, 0.05) is 18.6 Å². The molecule has 2 heteroatoms. The van der Waals surface area contributed by atoms with Crippen LogP contribution in [0.25, 0.3) is 0 Å². The van der Waals surface area contributed by atoms with Gasteiger partial charge in [-0.2, -0.15) is 0 Å². The number of rotatable bonds is 6. The Balaban J connectivity index is 2.49. The van der Waals surface area contributed by atoms with E-state index in [0.717, 1.165) is 19.6 Å². The predicted molar refractivity (Wildman–Crippen MR) is 75.3 cm³/mol. The van der Waals surface area contributed by atoms with Gasteiger partial charge >= 0.3 is 0 Å². The van der Waals surface area contributed by atoms with Gasteiger partial charge in [-0.1, -0.05) is 36.8 Å². The zero-order valence-electron chi connectivity index (χ0n) is 11.9. The Bertz CT molecular complexity index is 327. The van der Waals surface area contributed by atoms with Crippen LogP contribution >= 0.6 is 0 Å². The van der Waals surface area contributed by atoms with Gasteiger partial charge in [0.1, 0.15) is 0 Å².